The van der Waals surface area contributed by atoms with Gasteiger partial charge in [-0.3, -0.25) is 0 Å². The molecule has 5 heterocycles. The van der Waals surface area contributed by atoms with Crippen LogP contribution in [-0.4, -0.2) is 19.9 Å². The molecule has 0 aliphatic carbocycles. The summed E-state index contributed by atoms with van der Waals surface area (Å²) in [5, 5.41) is 0. The van der Waals surface area contributed by atoms with Crippen LogP contribution in [0.3, 0.4) is 0 Å². The molecule has 0 amide bonds. The molecule has 0 saturated carbocycles. The Balaban J connectivity index is 0.00000348. The van der Waals surface area contributed by atoms with Crippen molar-refractivity contribution in [1.82, 2.24) is 19.9 Å². The molecule has 0 saturated heterocycles. The zero-order chi connectivity index (χ0) is 31.9. The number of hydrogen-bond acceptors (Lipinski definition) is 2. The van der Waals surface area contributed by atoms with Gasteiger partial charge in [0.2, 0.25) is 0 Å². The molecule has 2 aliphatic rings. The third-order valence-electron chi connectivity index (χ3n) is 9.00. The van der Waals surface area contributed by atoms with Gasteiger partial charge in [-0.1, -0.05) is 121 Å². The van der Waals surface area contributed by atoms with E-state index in [9.17, 15) is 0 Å². The van der Waals surface area contributed by atoms with Gasteiger partial charge in [0.1, 0.15) is 0 Å². The molecule has 3 aromatic heterocycles. The fourth-order valence-electron chi connectivity index (χ4n) is 6.84. The Bertz CT molecular complexity index is 2180. The molecule has 9 rings (SSSR count). The number of rotatable bonds is 4. The fourth-order valence-corrected chi connectivity index (χ4v) is 6.84. The number of hydrogen-bond donors (Lipinski definition) is 2. The van der Waals surface area contributed by atoms with Crippen molar-refractivity contribution in [2.45, 2.75) is 0 Å². The molecular weight excluding hydrogens is 643 g/mol. The number of nitrogens with one attached hydrogen (secondary N) is 2. The minimum atomic E-state index is 0. The number of nitrogens with zero attached hydrogens (tertiary/aromatic N) is 2. The molecule has 0 radical (unpaired) electrons. The maximum atomic E-state index is 5.35. The smallest absolute Gasteiger partial charge is 0.354 e. The Morgan fingerprint density at radius 2 is 0.510 bits per heavy atom. The molecule has 0 fully saturated rings. The first-order valence-corrected chi connectivity index (χ1v) is 16.2. The average Bonchev–Trinajstić information content (AvgIpc) is 3.98. The van der Waals surface area contributed by atoms with Gasteiger partial charge in [-0.25, -0.2) is 9.97 Å². The van der Waals surface area contributed by atoms with E-state index in [0.29, 0.717) is 0 Å². The normalized spacial score (nSPS) is 11.8. The first-order valence-electron chi connectivity index (χ1n) is 16.2. The summed E-state index contributed by atoms with van der Waals surface area (Å²) in [5.74, 6) is 0. The maximum absolute atomic E-state index is 5.35. The van der Waals surface area contributed by atoms with Gasteiger partial charge in [0.25, 0.3) is 0 Å². The number of benzene rings is 4. The summed E-state index contributed by atoms with van der Waals surface area (Å²) >= 11 is 0. The van der Waals surface area contributed by atoms with Gasteiger partial charge in [0.05, 0.1) is 22.8 Å². The van der Waals surface area contributed by atoms with Crippen LogP contribution in [-0.2, 0) is 16.8 Å². The minimum absolute atomic E-state index is 0. The molecule has 4 aromatic carbocycles. The Hall–Kier alpha value is -6.01. The van der Waals surface area contributed by atoms with Crippen molar-refractivity contribution in [3.63, 3.8) is 0 Å². The standard InChI is InChI=1S/C44H30N4.Co/c1-5-13-29(14-6-1)41-33-21-23-35(45-33)42(30-15-7-2-8-16-30)37-25-27-39(47-37)44(32-19-11-4-12-20-32)40-28-26-38(48-40)43(31-17-9-3-10-18-31)36-24-22-34(41)46-36;/h1-28,45,48H;/q;+3. The van der Waals surface area contributed by atoms with E-state index in [-0.39, 0.29) is 16.8 Å². The molecule has 232 valence electrons. The molecule has 0 unspecified atom stereocenters. The number of fused-ring (bicyclic) bond motifs is 8. The molecule has 2 aliphatic heterocycles. The quantitative estimate of drug-likeness (QED) is 0.195. The Morgan fingerprint density at radius 1 is 0.286 bits per heavy atom. The van der Waals surface area contributed by atoms with Crippen LogP contribution in [0.4, 0.5) is 0 Å². The Morgan fingerprint density at radius 3 is 0.735 bits per heavy atom. The van der Waals surface area contributed by atoms with Crippen molar-refractivity contribution in [1.29, 1.82) is 0 Å². The van der Waals surface area contributed by atoms with E-state index in [4.69, 9.17) is 9.97 Å². The monoisotopic (exact) mass is 673 g/mol. The molecule has 7 aromatic rings. The molecule has 0 atom stereocenters. The van der Waals surface area contributed by atoms with E-state index in [0.717, 1.165) is 89.4 Å². The molecular formula is C44H30CoN4+3. The summed E-state index contributed by atoms with van der Waals surface area (Å²) in [6.07, 6.45) is 8.54. The Kier molecular flexibility index (Phi) is 7.98. The second kappa shape index (κ2) is 12.9. The van der Waals surface area contributed by atoms with E-state index in [2.05, 4.69) is 156 Å². The largest absolute Gasteiger partial charge is 3.00 e. The van der Waals surface area contributed by atoms with Crippen molar-refractivity contribution in [2.24, 2.45) is 0 Å². The average molecular weight is 674 g/mol. The van der Waals surface area contributed by atoms with Gasteiger partial charge in [0.15, 0.2) is 0 Å². The predicted octanol–water partition coefficient (Wildman–Crippen LogP) is 11.3. The van der Waals surface area contributed by atoms with Gasteiger partial charge < -0.3 is 9.97 Å². The summed E-state index contributed by atoms with van der Waals surface area (Å²) in [7, 11) is 0. The van der Waals surface area contributed by atoms with Crippen LogP contribution in [0.25, 0.3) is 90.9 Å². The molecule has 8 bridgehead atoms. The third-order valence-corrected chi connectivity index (χ3v) is 9.00. The van der Waals surface area contributed by atoms with Gasteiger partial charge in [-0.05, 0) is 70.8 Å². The first kappa shape index (κ1) is 30.3. The molecule has 4 nitrogen and oxygen atoms in total. The summed E-state index contributed by atoms with van der Waals surface area (Å²) < 4.78 is 0. The summed E-state index contributed by atoms with van der Waals surface area (Å²) in [6.45, 7) is 0. The van der Waals surface area contributed by atoms with E-state index in [1.807, 2.05) is 24.3 Å². The topological polar surface area (TPSA) is 57.4 Å². The van der Waals surface area contributed by atoms with Crippen molar-refractivity contribution in [3.05, 3.63) is 168 Å². The molecule has 2 N–H and O–H groups in total. The van der Waals surface area contributed by atoms with Crippen molar-refractivity contribution < 1.29 is 16.8 Å². The molecule has 5 heteroatoms. The number of H-pyrrole nitrogens is 2. The van der Waals surface area contributed by atoms with Crippen LogP contribution in [0.5, 0.6) is 0 Å². The maximum Gasteiger partial charge on any atom is 3.00 e. The summed E-state index contributed by atoms with van der Waals surface area (Å²) in [6, 6.07) is 50.7. The SMILES string of the molecule is C1=Cc2nc1c(-c1ccccc1)c1ccc([nH]1)c(-c1ccccc1)c1nc(c(-c3ccccc3)c3ccc([nH]3)c2-c2ccccc2)C=C1.[Co+3]. The fraction of sp³-hybridized carbons (Fsp3) is 0. The van der Waals surface area contributed by atoms with Gasteiger partial charge in [0, 0.05) is 44.3 Å². The number of aromatic amines is 2. The minimum Gasteiger partial charge on any atom is -0.354 e. The second-order valence-electron chi connectivity index (χ2n) is 12.0. The van der Waals surface area contributed by atoms with Crippen LogP contribution in [0.1, 0.15) is 22.8 Å². The summed E-state index contributed by atoms with van der Waals surface area (Å²) in [4.78, 5) is 18.3. The van der Waals surface area contributed by atoms with Crippen LogP contribution < -0.4 is 0 Å². The zero-order valence-corrected chi connectivity index (χ0v) is 27.4. The van der Waals surface area contributed by atoms with E-state index >= 15 is 0 Å². The van der Waals surface area contributed by atoms with E-state index in [1.54, 1.807) is 0 Å². The molecule has 0 spiro atoms. The molecule has 49 heavy (non-hydrogen) atoms. The van der Waals surface area contributed by atoms with Crippen LogP contribution in [0, 0.1) is 0 Å². The Labute approximate surface area is 294 Å². The second-order valence-corrected chi connectivity index (χ2v) is 12.0. The van der Waals surface area contributed by atoms with Crippen molar-refractivity contribution in [3.8, 4) is 44.5 Å². The first-order chi connectivity index (χ1) is 23.8. The van der Waals surface area contributed by atoms with E-state index < -0.39 is 0 Å². The number of aromatic nitrogens is 4. The predicted molar refractivity (Wildman–Crippen MR) is 201 cm³/mol. The van der Waals surface area contributed by atoms with Gasteiger partial charge in [-0.2, -0.15) is 0 Å². The van der Waals surface area contributed by atoms with Crippen molar-refractivity contribution in [2.75, 3.05) is 0 Å². The van der Waals surface area contributed by atoms with Crippen LogP contribution >= 0.6 is 0 Å². The zero-order valence-electron chi connectivity index (χ0n) is 26.4. The summed E-state index contributed by atoms with van der Waals surface area (Å²) in [5.41, 5.74) is 16.2. The van der Waals surface area contributed by atoms with Crippen molar-refractivity contribution >= 4 is 46.4 Å². The van der Waals surface area contributed by atoms with E-state index in [1.165, 1.54) is 0 Å². The van der Waals surface area contributed by atoms with Crippen LogP contribution in [0.15, 0.2) is 146 Å². The van der Waals surface area contributed by atoms with Gasteiger partial charge in [-0.15, -0.1) is 0 Å². The van der Waals surface area contributed by atoms with Gasteiger partial charge >= 0.3 is 16.8 Å². The third kappa shape index (κ3) is 5.55. The van der Waals surface area contributed by atoms with Crippen LogP contribution in [0.2, 0.25) is 0 Å².